The van der Waals surface area contributed by atoms with Gasteiger partial charge in [-0.05, 0) is 52.3 Å². The first kappa shape index (κ1) is 23.5. The van der Waals surface area contributed by atoms with Gasteiger partial charge in [0.1, 0.15) is 5.75 Å². The fraction of sp³-hybridized carbons (Fsp3) is 0.370. The quantitative estimate of drug-likeness (QED) is 0.576. The Morgan fingerprint density at radius 3 is 2.47 bits per heavy atom. The van der Waals surface area contributed by atoms with Crippen molar-refractivity contribution >= 4 is 23.2 Å². The Bertz CT molecular complexity index is 1180. The fourth-order valence-corrected chi connectivity index (χ4v) is 4.43. The van der Waals surface area contributed by atoms with Gasteiger partial charge < -0.3 is 15.0 Å². The number of anilines is 2. The number of aryl methyl sites for hydroxylation is 1. The lowest BCUT2D eigenvalue weighted by Crippen LogP contribution is -2.47. The summed E-state index contributed by atoms with van der Waals surface area (Å²) in [6.45, 7) is 8.16. The van der Waals surface area contributed by atoms with Crippen LogP contribution in [0.3, 0.4) is 0 Å². The molecule has 3 aromatic rings. The van der Waals surface area contributed by atoms with Gasteiger partial charge in [0.25, 0.3) is 0 Å². The molecule has 2 heterocycles. The number of aromatic nitrogens is 2. The van der Waals surface area contributed by atoms with Crippen molar-refractivity contribution in [3.63, 3.8) is 0 Å². The van der Waals surface area contributed by atoms with E-state index in [-0.39, 0.29) is 17.4 Å². The van der Waals surface area contributed by atoms with Crippen LogP contribution in [-0.4, -0.2) is 28.7 Å². The summed E-state index contributed by atoms with van der Waals surface area (Å²) in [5, 5.41) is 7.43. The van der Waals surface area contributed by atoms with Crippen LogP contribution in [0, 0.1) is 12.8 Å². The van der Waals surface area contributed by atoms with Gasteiger partial charge in [0, 0.05) is 23.9 Å². The van der Waals surface area contributed by atoms with Gasteiger partial charge in [-0.1, -0.05) is 35.9 Å². The minimum absolute atomic E-state index is 0.00985. The average Bonchev–Trinajstić information content (AvgIpc) is 3.28. The molecule has 1 saturated heterocycles. The molecule has 1 fully saturated rings. The molecule has 2 unspecified atom stereocenters. The van der Waals surface area contributed by atoms with Crippen LogP contribution in [0.4, 0.5) is 11.4 Å². The predicted octanol–water partition coefficient (Wildman–Crippen LogP) is 5.08. The number of carbonyl (C=O) groups excluding carboxylic acids is 2. The lowest BCUT2D eigenvalue weighted by molar-refractivity contribution is -0.125. The molecule has 7 nitrogen and oxygen atoms in total. The van der Waals surface area contributed by atoms with Gasteiger partial charge in [-0.25, -0.2) is 0 Å². The van der Waals surface area contributed by atoms with Gasteiger partial charge in [-0.3, -0.25) is 14.3 Å². The molecular weight excluding hydrogens is 428 g/mol. The van der Waals surface area contributed by atoms with Crippen LogP contribution in [0.1, 0.15) is 50.8 Å². The topological polar surface area (TPSA) is 76.5 Å². The number of benzene rings is 2. The third-order valence-electron chi connectivity index (χ3n) is 6.24. The summed E-state index contributed by atoms with van der Waals surface area (Å²) in [6, 6.07) is 14.9. The summed E-state index contributed by atoms with van der Waals surface area (Å²) >= 11 is 0. The van der Waals surface area contributed by atoms with Gasteiger partial charge in [0.2, 0.25) is 11.8 Å². The van der Waals surface area contributed by atoms with Crippen molar-refractivity contribution in [2.75, 3.05) is 17.3 Å². The number of hydrogen-bond donors (Lipinski definition) is 1. The maximum Gasteiger partial charge on any atom is 0.230 e. The zero-order valence-electron chi connectivity index (χ0n) is 20.4. The van der Waals surface area contributed by atoms with Crippen molar-refractivity contribution < 1.29 is 14.3 Å². The molecule has 1 aromatic heterocycles. The SMILES string of the molecule is COc1ccccc1C1C(C(=O)Nc2cnn(C(C)(C)C)c2)CCC(=O)N1c1ccc(C)cc1. The Morgan fingerprint density at radius 2 is 1.82 bits per heavy atom. The van der Waals surface area contributed by atoms with Crippen molar-refractivity contribution in [3.05, 3.63) is 72.1 Å². The fourth-order valence-electron chi connectivity index (χ4n) is 4.43. The number of amides is 2. The van der Waals surface area contributed by atoms with Crippen LogP contribution in [-0.2, 0) is 15.1 Å². The van der Waals surface area contributed by atoms with E-state index in [0.717, 1.165) is 16.8 Å². The van der Waals surface area contributed by atoms with Crippen LogP contribution in [0.5, 0.6) is 5.75 Å². The van der Waals surface area contributed by atoms with Crippen molar-refractivity contribution in [1.82, 2.24) is 9.78 Å². The molecule has 0 radical (unpaired) electrons. The largest absolute Gasteiger partial charge is 0.496 e. The number of para-hydroxylation sites is 1. The highest BCUT2D eigenvalue weighted by atomic mass is 16.5. The zero-order valence-corrected chi connectivity index (χ0v) is 20.4. The maximum absolute atomic E-state index is 13.6. The molecule has 1 N–H and O–H groups in total. The van der Waals surface area contributed by atoms with Crippen LogP contribution in [0.15, 0.2) is 60.9 Å². The number of methoxy groups -OCH3 is 1. The molecular formula is C27H32N4O3. The second kappa shape index (κ2) is 9.33. The van der Waals surface area contributed by atoms with Gasteiger partial charge in [-0.15, -0.1) is 0 Å². The second-order valence-corrected chi connectivity index (χ2v) is 9.76. The molecule has 0 saturated carbocycles. The Balaban J connectivity index is 1.74. The third kappa shape index (κ3) is 4.69. The molecule has 1 aliphatic heterocycles. The highest BCUT2D eigenvalue weighted by Crippen LogP contribution is 2.43. The van der Waals surface area contributed by atoms with Gasteiger partial charge in [-0.2, -0.15) is 5.10 Å². The first-order chi connectivity index (χ1) is 16.2. The van der Waals surface area contributed by atoms with Crippen molar-refractivity contribution in [2.45, 2.75) is 52.1 Å². The normalized spacial score (nSPS) is 18.6. The molecule has 178 valence electrons. The highest BCUT2D eigenvalue weighted by molar-refractivity contribution is 6.00. The lowest BCUT2D eigenvalue weighted by Gasteiger charge is -2.41. The number of rotatable bonds is 5. The second-order valence-electron chi connectivity index (χ2n) is 9.76. The van der Waals surface area contributed by atoms with Gasteiger partial charge in [0.05, 0.1) is 36.5 Å². The molecule has 0 aliphatic carbocycles. The molecule has 2 aromatic carbocycles. The first-order valence-electron chi connectivity index (χ1n) is 11.6. The molecule has 1 aliphatic rings. The van der Waals surface area contributed by atoms with Crippen molar-refractivity contribution in [1.29, 1.82) is 0 Å². The number of carbonyl (C=O) groups is 2. The van der Waals surface area contributed by atoms with Crippen LogP contribution >= 0.6 is 0 Å². The molecule has 34 heavy (non-hydrogen) atoms. The van der Waals surface area contributed by atoms with E-state index in [1.807, 2.05) is 66.3 Å². The summed E-state index contributed by atoms with van der Waals surface area (Å²) in [5.74, 6) is 0.0318. The van der Waals surface area contributed by atoms with E-state index in [0.29, 0.717) is 24.3 Å². The first-order valence-corrected chi connectivity index (χ1v) is 11.6. The van der Waals surface area contributed by atoms with E-state index in [4.69, 9.17) is 4.74 Å². The number of nitrogens with one attached hydrogen (secondary N) is 1. The monoisotopic (exact) mass is 460 g/mol. The Labute approximate surface area is 200 Å². The summed E-state index contributed by atoms with van der Waals surface area (Å²) in [4.78, 5) is 28.6. The molecule has 7 heteroatoms. The summed E-state index contributed by atoms with van der Waals surface area (Å²) in [7, 11) is 1.61. The molecule has 0 spiro atoms. The van der Waals surface area contributed by atoms with Gasteiger partial charge >= 0.3 is 0 Å². The van der Waals surface area contributed by atoms with Gasteiger partial charge in [0.15, 0.2) is 0 Å². The van der Waals surface area contributed by atoms with Crippen LogP contribution in [0.25, 0.3) is 0 Å². The third-order valence-corrected chi connectivity index (χ3v) is 6.24. The van der Waals surface area contributed by atoms with E-state index in [1.165, 1.54) is 0 Å². The van der Waals surface area contributed by atoms with E-state index in [2.05, 4.69) is 31.2 Å². The standard InChI is InChI=1S/C27H32N4O3/c1-18-10-12-20(13-11-18)31-24(32)15-14-22(25(31)21-8-6-7-9-23(21)34-5)26(33)29-19-16-28-30(17-19)27(2,3)4/h6-13,16-17,22,25H,14-15H2,1-5H3,(H,29,33). The summed E-state index contributed by atoms with van der Waals surface area (Å²) in [6.07, 6.45) is 4.23. The average molecular weight is 461 g/mol. The van der Waals surface area contributed by atoms with E-state index < -0.39 is 12.0 Å². The summed E-state index contributed by atoms with van der Waals surface area (Å²) in [5.41, 5.74) is 3.13. The molecule has 2 atom stereocenters. The van der Waals surface area contributed by atoms with Crippen molar-refractivity contribution in [3.8, 4) is 5.75 Å². The van der Waals surface area contributed by atoms with E-state index in [1.54, 1.807) is 18.2 Å². The number of nitrogens with zero attached hydrogens (tertiary/aromatic N) is 3. The minimum atomic E-state index is -0.502. The minimum Gasteiger partial charge on any atom is -0.496 e. The Hall–Kier alpha value is -3.61. The smallest absolute Gasteiger partial charge is 0.230 e. The van der Waals surface area contributed by atoms with Crippen molar-refractivity contribution in [2.24, 2.45) is 5.92 Å². The highest BCUT2D eigenvalue weighted by Gasteiger charge is 2.42. The predicted molar refractivity (Wildman–Crippen MR) is 133 cm³/mol. The molecule has 0 bridgehead atoms. The Kier molecular flexibility index (Phi) is 6.46. The lowest BCUT2D eigenvalue weighted by atomic mass is 9.82. The number of hydrogen-bond acceptors (Lipinski definition) is 4. The van der Waals surface area contributed by atoms with E-state index >= 15 is 0 Å². The number of ether oxygens (including phenoxy) is 1. The van der Waals surface area contributed by atoms with Crippen LogP contribution in [0.2, 0.25) is 0 Å². The van der Waals surface area contributed by atoms with Crippen LogP contribution < -0.4 is 15.0 Å². The maximum atomic E-state index is 13.6. The Morgan fingerprint density at radius 1 is 1.12 bits per heavy atom. The number of piperidine rings is 1. The summed E-state index contributed by atoms with van der Waals surface area (Å²) < 4.78 is 7.46. The molecule has 4 rings (SSSR count). The zero-order chi connectivity index (χ0) is 24.5. The molecule has 2 amide bonds. The van der Waals surface area contributed by atoms with E-state index in [9.17, 15) is 9.59 Å².